The first-order valence-electron chi connectivity index (χ1n) is 11.4. The monoisotopic (exact) mass is 492 g/mol. The molecule has 0 unspecified atom stereocenters. The van der Waals surface area contributed by atoms with Crippen LogP contribution in [0.4, 0.5) is 4.39 Å². The molecule has 7 nitrogen and oxygen atoms in total. The van der Waals surface area contributed by atoms with Crippen molar-refractivity contribution in [2.24, 2.45) is 0 Å². The molecule has 0 radical (unpaired) electrons. The third-order valence-corrected chi connectivity index (χ3v) is 6.98. The fraction of sp³-hybridized carbons (Fsp3) is 0.269. The Bertz CT molecular complexity index is 1300. The number of carbonyl (C=O) groups is 1. The topological polar surface area (TPSA) is 71.7 Å². The molecule has 5 rings (SSSR count). The Balaban J connectivity index is 1.11. The number of ether oxygens (including phenoxy) is 1. The highest BCUT2D eigenvalue weighted by molar-refractivity contribution is 7.15. The zero-order valence-corrected chi connectivity index (χ0v) is 20.1. The molecule has 180 valence electrons. The van der Waals surface area contributed by atoms with Gasteiger partial charge in [0.25, 0.3) is 5.91 Å². The molecule has 0 N–H and O–H groups in total. The summed E-state index contributed by atoms with van der Waals surface area (Å²) in [5, 5.41) is 3.80. The molecule has 9 heteroatoms. The number of piperazine rings is 1. The molecule has 1 amide bonds. The molecule has 0 saturated carbocycles. The van der Waals surface area contributed by atoms with Crippen LogP contribution in [0.2, 0.25) is 0 Å². The molecule has 1 saturated heterocycles. The van der Waals surface area contributed by atoms with Gasteiger partial charge in [0.05, 0.1) is 0 Å². The molecule has 0 atom stereocenters. The normalized spacial score (nSPS) is 14.3. The molecule has 0 spiro atoms. The summed E-state index contributed by atoms with van der Waals surface area (Å²) in [5.74, 6) is 1.43. The highest BCUT2D eigenvalue weighted by Gasteiger charge is 2.22. The number of halogens is 1. The Morgan fingerprint density at radius 2 is 1.83 bits per heavy atom. The fourth-order valence-corrected chi connectivity index (χ4v) is 5.10. The van der Waals surface area contributed by atoms with Crippen molar-refractivity contribution in [3.8, 4) is 16.2 Å². The zero-order chi connectivity index (χ0) is 24.2. The summed E-state index contributed by atoms with van der Waals surface area (Å²) < 4.78 is 24.7. The van der Waals surface area contributed by atoms with Gasteiger partial charge in [-0.05, 0) is 42.5 Å². The van der Waals surface area contributed by atoms with Crippen molar-refractivity contribution in [3.05, 3.63) is 88.6 Å². The van der Waals surface area contributed by atoms with Crippen molar-refractivity contribution in [2.75, 3.05) is 26.2 Å². The van der Waals surface area contributed by atoms with Crippen LogP contribution in [0, 0.1) is 12.7 Å². The first-order chi connectivity index (χ1) is 17.0. The van der Waals surface area contributed by atoms with E-state index in [0.29, 0.717) is 41.7 Å². The number of rotatable bonds is 7. The maximum absolute atomic E-state index is 14.1. The smallest absolute Gasteiger partial charge is 0.253 e. The van der Waals surface area contributed by atoms with Crippen LogP contribution in [0.3, 0.4) is 0 Å². The number of amides is 1. The van der Waals surface area contributed by atoms with Crippen LogP contribution in [0.1, 0.15) is 27.0 Å². The lowest BCUT2D eigenvalue weighted by Crippen LogP contribution is -2.48. The summed E-state index contributed by atoms with van der Waals surface area (Å²) in [6.45, 7) is 5.65. The van der Waals surface area contributed by atoms with E-state index in [9.17, 15) is 9.18 Å². The SMILES string of the molecule is Cc1nc(COc2ccc(C(=O)N3CCN(Cc4ccc(-c5ccccc5F)s4)CC3)cc2)no1. The number of nitrogens with zero attached hydrogens (tertiary/aromatic N) is 4. The molecule has 4 aromatic rings. The first kappa shape index (κ1) is 23.2. The predicted molar refractivity (Wildman–Crippen MR) is 131 cm³/mol. The maximum atomic E-state index is 14.1. The highest BCUT2D eigenvalue weighted by atomic mass is 32.1. The summed E-state index contributed by atoms with van der Waals surface area (Å²) in [6.07, 6.45) is 0. The number of thiophene rings is 1. The molecular weight excluding hydrogens is 467 g/mol. The third-order valence-electron chi connectivity index (χ3n) is 5.88. The van der Waals surface area contributed by atoms with Crippen LogP contribution in [-0.4, -0.2) is 52.0 Å². The molecule has 35 heavy (non-hydrogen) atoms. The summed E-state index contributed by atoms with van der Waals surface area (Å²) in [4.78, 5) is 23.4. The number of aromatic nitrogens is 2. The van der Waals surface area contributed by atoms with Crippen LogP contribution in [0.5, 0.6) is 5.75 Å². The molecule has 0 bridgehead atoms. The molecule has 3 heterocycles. The average molecular weight is 493 g/mol. The van der Waals surface area contributed by atoms with E-state index in [-0.39, 0.29) is 18.3 Å². The number of aryl methyl sites for hydroxylation is 1. The third kappa shape index (κ3) is 5.58. The van der Waals surface area contributed by atoms with Gasteiger partial charge in [-0.15, -0.1) is 11.3 Å². The predicted octanol–water partition coefficient (Wildman–Crippen LogP) is 4.78. The van der Waals surface area contributed by atoms with E-state index in [1.54, 1.807) is 48.6 Å². The number of hydrogen-bond acceptors (Lipinski definition) is 7. The minimum absolute atomic E-state index is 0.0166. The van der Waals surface area contributed by atoms with Crippen LogP contribution in [-0.2, 0) is 13.2 Å². The maximum Gasteiger partial charge on any atom is 0.253 e. The van der Waals surface area contributed by atoms with Crippen LogP contribution >= 0.6 is 11.3 Å². The van der Waals surface area contributed by atoms with E-state index < -0.39 is 0 Å². The highest BCUT2D eigenvalue weighted by Crippen LogP contribution is 2.30. The van der Waals surface area contributed by atoms with E-state index in [0.717, 1.165) is 24.5 Å². The number of carbonyl (C=O) groups excluding carboxylic acids is 1. The summed E-state index contributed by atoms with van der Waals surface area (Å²) in [6, 6.07) is 18.0. The lowest BCUT2D eigenvalue weighted by Gasteiger charge is -2.34. The van der Waals surface area contributed by atoms with Gasteiger partial charge in [0, 0.05) is 60.5 Å². The lowest BCUT2D eigenvalue weighted by atomic mass is 10.1. The summed E-state index contributed by atoms with van der Waals surface area (Å²) in [7, 11) is 0. The second-order valence-corrected chi connectivity index (χ2v) is 9.53. The van der Waals surface area contributed by atoms with E-state index in [1.807, 2.05) is 23.1 Å². The van der Waals surface area contributed by atoms with Crippen molar-refractivity contribution < 1.29 is 18.4 Å². The van der Waals surface area contributed by atoms with Crippen LogP contribution < -0.4 is 4.74 Å². The lowest BCUT2D eigenvalue weighted by molar-refractivity contribution is 0.0629. The molecule has 1 aliphatic rings. The van der Waals surface area contributed by atoms with Crippen molar-refractivity contribution in [2.45, 2.75) is 20.1 Å². The Kier molecular flexibility index (Phi) is 6.87. The van der Waals surface area contributed by atoms with Crippen molar-refractivity contribution >= 4 is 17.2 Å². The Hall–Kier alpha value is -3.56. The summed E-state index contributed by atoms with van der Waals surface area (Å²) >= 11 is 1.62. The Labute approximate surface area is 206 Å². The first-order valence-corrected chi connectivity index (χ1v) is 12.2. The standard InChI is InChI=1S/C26H25FN4O3S/c1-18-28-25(29-34-18)17-33-20-8-6-19(7-9-20)26(32)31-14-12-30(13-15-31)16-21-10-11-24(35-21)22-4-2-3-5-23(22)27/h2-11H,12-17H2,1H3. The fourth-order valence-electron chi connectivity index (χ4n) is 4.02. The number of benzene rings is 2. The van der Waals surface area contributed by atoms with Gasteiger partial charge in [0.15, 0.2) is 6.61 Å². The van der Waals surface area contributed by atoms with Gasteiger partial charge in [-0.25, -0.2) is 4.39 Å². The van der Waals surface area contributed by atoms with E-state index in [4.69, 9.17) is 9.26 Å². The second kappa shape index (κ2) is 10.4. The van der Waals surface area contributed by atoms with Crippen LogP contribution in [0.25, 0.3) is 10.4 Å². The van der Waals surface area contributed by atoms with Gasteiger partial charge in [-0.1, -0.05) is 23.4 Å². The molecule has 1 aliphatic heterocycles. The molecule has 2 aromatic carbocycles. The largest absolute Gasteiger partial charge is 0.485 e. The Morgan fingerprint density at radius 1 is 1.06 bits per heavy atom. The van der Waals surface area contributed by atoms with Gasteiger partial charge in [0.2, 0.25) is 11.7 Å². The van der Waals surface area contributed by atoms with Gasteiger partial charge in [-0.2, -0.15) is 4.98 Å². The van der Waals surface area contributed by atoms with Gasteiger partial charge < -0.3 is 14.2 Å². The van der Waals surface area contributed by atoms with Gasteiger partial charge >= 0.3 is 0 Å². The van der Waals surface area contributed by atoms with Crippen molar-refractivity contribution in [3.63, 3.8) is 0 Å². The molecule has 2 aromatic heterocycles. The van der Waals surface area contributed by atoms with Gasteiger partial charge in [0.1, 0.15) is 11.6 Å². The molecular formula is C26H25FN4O3S. The van der Waals surface area contributed by atoms with E-state index in [1.165, 1.54) is 10.9 Å². The average Bonchev–Trinajstić information content (AvgIpc) is 3.52. The van der Waals surface area contributed by atoms with Gasteiger partial charge in [-0.3, -0.25) is 9.69 Å². The van der Waals surface area contributed by atoms with Crippen LogP contribution in [0.15, 0.2) is 65.2 Å². The minimum Gasteiger partial charge on any atom is -0.485 e. The zero-order valence-electron chi connectivity index (χ0n) is 19.3. The quantitative estimate of drug-likeness (QED) is 0.370. The van der Waals surface area contributed by atoms with E-state index in [2.05, 4.69) is 21.1 Å². The Morgan fingerprint density at radius 3 is 2.54 bits per heavy atom. The minimum atomic E-state index is -0.199. The van der Waals surface area contributed by atoms with Crippen molar-refractivity contribution in [1.82, 2.24) is 19.9 Å². The summed E-state index contributed by atoms with van der Waals surface area (Å²) in [5.41, 5.74) is 1.27. The van der Waals surface area contributed by atoms with E-state index >= 15 is 0 Å². The number of hydrogen-bond donors (Lipinski definition) is 0. The molecule has 1 fully saturated rings. The molecule has 0 aliphatic carbocycles. The van der Waals surface area contributed by atoms with Crippen molar-refractivity contribution in [1.29, 1.82) is 0 Å². The second-order valence-electron chi connectivity index (χ2n) is 8.36.